The quantitative estimate of drug-likeness (QED) is 0.546. The summed E-state index contributed by atoms with van der Waals surface area (Å²) in [7, 11) is 0. The van der Waals surface area contributed by atoms with Crippen LogP contribution in [0, 0.1) is 0 Å². The molecule has 2 nitrogen and oxygen atoms in total. The molecule has 0 amide bonds. The molecule has 2 aliphatic rings. The lowest BCUT2D eigenvalue weighted by Crippen LogP contribution is -2.45. The first-order valence-corrected chi connectivity index (χ1v) is 4.94. The van der Waals surface area contributed by atoms with Gasteiger partial charge in [-0.2, -0.15) is 0 Å². The van der Waals surface area contributed by atoms with E-state index >= 15 is 0 Å². The van der Waals surface area contributed by atoms with Gasteiger partial charge >= 0.3 is 0 Å². The summed E-state index contributed by atoms with van der Waals surface area (Å²) in [5.74, 6) is 0. The van der Waals surface area contributed by atoms with Crippen LogP contribution in [-0.4, -0.2) is 30.5 Å². The van der Waals surface area contributed by atoms with Crippen LogP contribution in [0.1, 0.15) is 32.1 Å². The number of likely N-dealkylation sites (tertiary alicyclic amines) is 1. The van der Waals surface area contributed by atoms with E-state index in [1.165, 1.54) is 12.8 Å². The zero-order chi connectivity index (χ0) is 8.39. The number of halogens is 1. The van der Waals surface area contributed by atoms with Crippen molar-refractivity contribution in [2.24, 2.45) is 0 Å². The maximum absolute atomic E-state index is 13.2. The summed E-state index contributed by atoms with van der Waals surface area (Å²) in [5.41, 5.74) is 0. The van der Waals surface area contributed by atoms with Gasteiger partial charge in [0.25, 0.3) is 0 Å². The predicted molar refractivity (Wildman–Crippen MR) is 45.5 cm³/mol. The second-order valence-electron chi connectivity index (χ2n) is 3.70. The van der Waals surface area contributed by atoms with E-state index < -0.39 is 6.30 Å². The van der Waals surface area contributed by atoms with Gasteiger partial charge in [0.15, 0.2) is 6.30 Å². The lowest BCUT2D eigenvalue weighted by atomic mass is 10.1. The summed E-state index contributed by atoms with van der Waals surface area (Å²) in [6, 6.07) is 0. The van der Waals surface area contributed by atoms with Crippen LogP contribution in [0.2, 0.25) is 0 Å². The molecule has 0 aromatic heterocycles. The van der Waals surface area contributed by atoms with Gasteiger partial charge in [0.2, 0.25) is 0 Å². The molecule has 2 saturated heterocycles. The fourth-order valence-electron chi connectivity index (χ4n) is 2.12. The van der Waals surface area contributed by atoms with E-state index in [1.54, 1.807) is 0 Å². The highest BCUT2D eigenvalue weighted by Crippen LogP contribution is 2.24. The SMILES string of the molecule is FC1CCCN1C1CCCC[N]1. The standard InChI is InChI=1S/C9H16FN2/c10-8-4-3-7-12(8)9-5-1-2-6-11-9/h8-9H,1-7H2. The highest BCUT2D eigenvalue weighted by molar-refractivity contribution is 4.79. The summed E-state index contributed by atoms with van der Waals surface area (Å²) >= 11 is 0. The molecule has 2 rings (SSSR count). The molecule has 2 unspecified atom stereocenters. The predicted octanol–water partition coefficient (Wildman–Crippen LogP) is 1.49. The van der Waals surface area contributed by atoms with E-state index in [9.17, 15) is 4.39 Å². The van der Waals surface area contributed by atoms with E-state index in [0.717, 1.165) is 25.9 Å². The second kappa shape index (κ2) is 3.71. The Morgan fingerprint density at radius 3 is 2.67 bits per heavy atom. The fourth-order valence-corrected chi connectivity index (χ4v) is 2.12. The van der Waals surface area contributed by atoms with Gasteiger partial charge in [-0.3, -0.25) is 4.90 Å². The summed E-state index contributed by atoms with van der Waals surface area (Å²) in [6.07, 6.45) is 4.70. The van der Waals surface area contributed by atoms with Crippen LogP contribution in [0.15, 0.2) is 0 Å². The molecule has 0 N–H and O–H groups in total. The highest BCUT2D eigenvalue weighted by Gasteiger charge is 2.31. The Morgan fingerprint density at radius 1 is 1.17 bits per heavy atom. The third-order valence-electron chi connectivity index (χ3n) is 2.81. The molecule has 1 radical (unpaired) electrons. The van der Waals surface area contributed by atoms with Crippen molar-refractivity contribution >= 4 is 0 Å². The first kappa shape index (κ1) is 8.45. The van der Waals surface area contributed by atoms with Gasteiger partial charge < -0.3 is 0 Å². The van der Waals surface area contributed by atoms with Crippen molar-refractivity contribution in [2.75, 3.05) is 13.1 Å². The minimum absolute atomic E-state index is 0.205. The van der Waals surface area contributed by atoms with Gasteiger partial charge in [0.1, 0.15) is 0 Å². The van der Waals surface area contributed by atoms with E-state index in [4.69, 9.17) is 0 Å². The number of nitrogens with zero attached hydrogens (tertiary/aromatic N) is 2. The van der Waals surface area contributed by atoms with Crippen LogP contribution in [0.5, 0.6) is 0 Å². The van der Waals surface area contributed by atoms with Crippen molar-refractivity contribution in [3.63, 3.8) is 0 Å². The summed E-state index contributed by atoms with van der Waals surface area (Å²) in [4.78, 5) is 1.93. The molecule has 12 heavy (non-hydrogen) atoms. The molecule has 0 aliphatic carbocycles. The van der Waals surface area contributed by atoms with Gasteiger partial charge in [0.05, 0.1) is 6.17 Å². The van der Waals surface area contributed by atoms with E-state index in [0.29, 0.717) is 6.42 Å². The molecule has 3 heteroatoms. The van der Waals surface area contributed by atoms with E-state index in [1.807, 2.05) is 4.90 Å². The molecule has 0 saturated carbocycles. The van der Waals surface area contributed by atoms with Crippen LogP contribution in [0.4, 0.5) is 4.39 Å². The largest absolute Gasteiger partial charge is 0.257 e. The summed E-state index contributed by atoms with van der Waals surface area (Å²) < 4.78 is 13.2. The van der Waals surface area contributed by atoms with Crippen molar-refractivity contribution in [3.05, 3.63) is 0 Å². The molecule has 0 spiro atoms. The van der Waals surface area contributed by atoms with Crippen molar-refractivity contribution in [3.8, 4) is 0 Å². The Morgan fingerprint density at radius 2 is 2.08 bits per heavy atom. The minimum atomic E-state index is -0.711. The van der Waals surface area contributed by atoms with Gasteiger partial charge in [-0.25, -0.2) is 9.71 Å². The molecular weight excluding hydrogens is 155 g/mol. The molecule has 69 valence electrons. The second-order valence-corrected chi connectivity index (χ2v) is 3.70. The number of piperidine rings is 1. The first-order chi connectivity index (χ1) is 5.88. The zero-order valence-corrected chi connectivity index (χ0v) is 7.38. The molecule has 2 fully saturated rings. The summed E-state index contributed by atoms with van der Waals surface area (Å²) in [6.45, 7) is 1.85. The molecule has 0 bridgehead atoms. The minimum Gasteiger partial charge on any atom is -0.257 e. The molecule has 2 atom stereocenters. The maximum atomic E-state index is 13.2. The van der Waals surface area contributed by atoms with E-state index in [2.05, 4.69) is 5.32 Å². The first-order valence-electron chi connectivity index (χ1n) is 4.94. The Balaban J connectivity index is 1.89. The lowest BCUT2D eigenvalue weighted by Gasteiger charge is -2.31. The molecule has 0 aromatic carbocycles. The zero-order valence-electron chi connectivity index (χ0n) is 7.38. The fraction of sp³-hybridized carbons (Fsp3) is 1.00. The van der Waals surface area contributed by atoms with Crippen molar-refractivity contribution in [1.82, 2.24) is 10.2 Å². The molecule has 2 aliphatic heterocycles. The summed E-state index contributed by atoms with van der Waals surface area (Å²) in [5, 5.41) is 4.45. The Bertz CT molecular complexity index is 145. The maximum Gasteiger partial charge on any atom is 0.154 e. The van der Waals surface area contributed by atoms with Crippen molar-refractivity contribution in [2.45, 2.75) is 44.6 Å². The Hall–Kier alpha value is -0.150. The van der Waals surface area contributed by atoms with Gasteiger partial charge in [-0.15, -0.1) is 0 Å². The third kappa shape index (κ3) is 1.62. The van der Waals surface area contributed by atoms with Crippen LogP contribution >= 0.6 is 0 Å². The highest BCUT2D eigenvalue weighted by atomic mass is 19.1. The normalized spacial score (nSPS) is 38.8. The van der Waals surface area contributed by atoms with E-state index in [-0.39, 0.29) is 6.17 Å². The van der Waals surface area contributed by atoms with Crippen LogP contribution in [-0.2, 0) is 0 Å². The number of rotatable bonds is 1. The molecule has 2 heterocycles. The Labute approximate surface area is 73.1 Å². The molecular formula is C9H16FN2. The van der Waals surface area contributed by atoms with Gasteiger partial charge in [-0.05, 0) is 32.1 Å². The van der Waals surface area contributed by atoms with Gasteiger partial charge in [0, 0.05) is 13.1 Å². The van der Waals surface area contributed by atoms with Crippen molar-refractivity contribution in [1.29, 1.82) is 0 Å². The number of hydrogen-bond acceptors (Lipinski definition) is 1. The van der Waals surface area contributed by atoms with Crippen molar-refractivity contribution < 1.29 is 4.39 Å². The topological polar surface area (TPSA) is 17.3 Å². The third-order valence-corrected chi connectivity index (χ3v) is 2.81. The molecule has 0 aromatic rings. The average molecular weight is 171 g/mol. The van der Waals surface area contributed by atoms with Crippen LogP contribution < -0.4 is 5.32 Å². The van der Waals surface area contributed by atoms with Gasteiger partial charge in [-0.1, -0.05) is 0 Å². The lowest BCUT2D eigenvalue weighted by molar-refractivity contribution is 0.0496. The van der Waals surface area contributed by atoms with Crippen LogP contribution in [0.3, 0.4) is 0 Å². The average Bonchev–Trinajstić information content (AvgIpc) is 2.53. The number of alkyl halides is 1. The smallest absolute Gasteiger partial charge is 0.154 e. The monoisotopic (exact) mass is 171 g/mol. The van der Waals surface area contributed by atoms with Crippen LogP contribution in [0.25, 0.3) is 0 Å². The Kier molecular flexibility index (Phi) is 2.61. The number of hydrogen-bond donors (Lipinski definition) is 0.